The zero-order valence-electron chi connectivity index (χ0n) is 20.6. The number of rotatable bonds is 3. The Morgan fingerprint density at radius 3 is 1.94 bits per heavy atom. The van der Waals surface area contributed by atoms with Crippen molar-refractivity contribution in [2.45, 2.75) is 40.8 Å². The summed E-state index contributed by atoms with van der Waals surface area (Å²) in [5.41, 5.74) is 6.61. The van der Waals surface area contributed by atoms with E-state index in [1.54, 1.807) is 37.6 Å². The number of methoxy groups -OCH3 is 2. The molecule has 1 aliphatic carbocycles. The molecule has 2 nitrogen and oxygen atoms in total. The molecule has 0 saturated carbocycles. The van der Waals surface area contributed by atoms with Gasteiger partial charge in [-0.2, -0.15) is 11.1 Å². The molecule has 4 heteroatoms. The van der Waals surface area contributed by atoms with Crippen LogP contribution in [0.5, 0.6) is 11.5 Å². The van der Waals surface area contributed by atoms with Gasteiger partial charge in [-0.3, -0.25) is 6.08 Å². The van der Waals surface area contributed by atoms with Crippen LogP contribution in [-0.2, 0) is 23.3 Å². The molecular weight excluding hydrogens is 488 g/mol. The van der Waals surface area contributed by atoms with Crippen LogP contribution in [0.2, 0.25) is 13.1 Å². The van der Waals surface area contributed by atoms with Crippen molar-refractivity contribution >= 4 is 16.2 Å². The molecule has 0 aromatic heterocycles. The molecule has 0 bridgehead atoms. The minimum atomic E-state index is 0.210. The predicted molar refractivity (Wildman–Crippen MR) is 136 cm³/mol. The molecule has 1 aliphatic rings. The third kappa shape index (κ3) is 6.62. The average molecular weight is 522 g/mol. The number of ether oxygens (including phenoxy) is 2. The molecule has 0 radical (unpaired) electrons. The van der Waals surface area contributed by atoms with Gasteiger partial charge in [0.05, 0.1) is 14.2 Å². The van der Waals surface area contributed by atoms with Gasteiger partial charge in [-0.1, -0.05) is 38.8 Å². The normalized spacial score (nSPS) is 14.8. The Hall–Kier alpha value is -1.77. The van der Waals surface area contributed by atoms with E-state index in [4.69, 9.17) is 9.47 Å². The van der Waals surface area contributed by atoms with Crippen molar-refractivity contribution in [2.24, 2.45) is 5.92 Å². The van der Waals surface area contributed by atoms with Crippen LogP contribution >= 0.6 is 0 Å². The van der Waals surface area contributed by atoms with Crippen molar-refractivity contribution in [1.82, 2.24) is 0 Å². The monoisotopic (exact) mass is 520 g/mol. The molecule has 0 N–H and O–H groups in total. The predicted octanol–water partition coefficient (Wildman–Crippen LogP) is 7.75. The molecule has 1 atom stereocenters. The summed E-state index contributed by atoms with van der Waals surface area (Å²) in [7, 11) is 3.37. The zero-order valence-corrected chi connectivity index (χ0v) is 24.0. The molecule has 0 amide bonds. The minimum absolute atomic E-state index is 0.210. The van der Waals surface area contributed by atoms with Gasteiger partial charge in [0.25, 0.3) is 0 Å². The molecule has 166 valence electrons. The van der Waals surface area contributed by atoms with Gasteiger partial charge in [0, 0.05) is 5.56 Å². The van der Waals surface area contributed by atoms with Crippen molar-refractivity contribution in [1.29, 1.82) is 0 Å². The Balaban J connectivity index is 0.000000233. The molecule has 1 unspecified atom stereocenters. The van der Waals surface area contributed by atoms with Crippen LogP contribution in [0.3, 0.4) is 0 Å². The van der Waals surface area contributed by atoms with Crippen molar-refractivity contribution < 1.29 is 32.8 Å². The first-order valence-corrected chi connectivity index (χ1v) is 17.0. The van der Waals surface area contributed by atoms with E-state index in [9.17, 15) is 0 Å². The zero-order chi connectivity index (χ0) is 23.8. The quantitative estimate of drug-likeness (QED) is 0.259. The topological polar surface area (TPSA) is 18.5 Å². The number of allylic oxidation sites excluding steroid dienone is 4. The fraction of sp³-hybridized carbons (Fsp3) is 0.321. The summed E-state index contributed by atoms with van der Waals surface area (Å²) in [6, 6.07) is 18.4. The van der Waals surface area contributed by atoms with Crippen molar-refractivity contribution in [3.63, 3.8) is 0 Å². The van der Waals surface area contributed by atoms with E-state index in [2.05, 4.69) is 71.1 Å². The number of hydrogen-bond acceptors (Lipinski definition) is 2. The van der Waals surface area contributed by atoms with Crippen LogP contribution in [0.1, 0.15) is 27.7 Å². The van der Waals surface area contributed by atoms with Crippen LogP contribution in [0, 0.1) is 12.0 Å². The molecular formula is C28H34O2SiZr. The maximum atomic E-state index is 5.48. The van der Waals surface area contributed by atoms with Crippen LogP contribution < -0.4 is 9.47 Å². The van der Waals surface area contributed by atoms with Gasteiger partial charge in [-0.05, 0) is 12.1 Å². The van der Waals surface area contributed by atoms with E-state index in [0.29, 0.717) is 5.92 Å². The molecule has 3 aromatic carbocycles. The van der Waals surface area contributed by atoms with Gasteiger partial charge < -0.3 is 9.47 Å². The summed E-state index contributed by atoms with van der Waals surface area (Å²) in [5, 5.41) is 2.44. The summed E-state index contributed by atoms with van der Waals surface area (Å²) < 4.78 is 11.0. The Kier molecular flexibility index (Phi) is 10.3. The van der Waals surface area contributed by atoms with E-state index in [0.717, 1.165) is 22.6 Å². The van der Waals surface area contributed by atoms with Crippen molar-refractivity contribution in [3.8, 4) is 22.6 Å². The van der Waals surface area contributed by atoms with Crippen LogP contribution in [0.4, 0.5) is 0 Å². The molecule has 0 fully saturated rings. The second-order valence-corrected chi connectivity index (χ2v) is 17.5. The Morgan fingerprint density at radius 1 is 0.938 bits per heavy atom. The first kappa shape index (κ1) is 26.5. The molecule has 32 heavy (non-hydrogen) atoms. The standard InChI is InChI=1S/C17H15O2.C9H13.C2H6Si.Zr/c1-18-15-8-5-9-16(19-2)17(15)14-11-10-12-6-3-4-7-13(12)14;1-6-5-7(2)9(4)8(6)3;1-3-2;/h3-11H,1-2H3;6H,1-4H3;1-2H3;/q2*-1;;+2. The first-order chi connectivity index (χ1) is 15.2. The Bertz CT molecular complexity index is 1110. The molecule has 0 saturated heterocycles. The van der Waals surface area contributed by atoms with E-state index in [1.165, 1.54) is 27.5 Å². The first-order valence-electron chi connectivity index (χ1n) is 10.9. The fourth-order valence-electron chi connectivity index (χ4n) is 3.65. The van der Waals surface area contributed by atoms with E-state index in [-0.39, 0.29) is 5.43 Å². The van der Waals surface area contributed by atoms with E-state index in [1.807, 2.05) is 30.3 Å². The van der Waals surface area contributed by atoms with Crippen LogP contribution in [0.15, 0.2) is 71.3 Å². The summed E-state index contributed by atoms with van der Waals surface area (Å²) in [6.07, 6.45) is 3.36. The van der Waals surface area contributed by atoms with Gasteiger partial charge in [0.1, 0.15) is 11.5 Å². The summed E-state index contributed by atoms with van der Waals surface area (Å²) in [5.74, 6) is 2.22. The fourth-order valence-corrected chi connectivity index (χ4v) is 3.65. The van der Waals surface area contributed by atoms with Gasteiger partial charge in [0.15, 0.2) is 0 Å². The molecule has 0 spiro atoms. The van der Waals surface area contributed by atoms with Gasteiger partial charge >= 0.3 is 41.9 Å². The van der Waals surface area contributed by atoms with Crippen LogP contribution in [-0.4, -0.2) is 19.7 Å². The second kappa shape index (κ2) is 12.5. The number of hydrogen-bond donors (Lipinski definition) is 0. The Labute approximate surface area is 209 Å². The van der Waals surface area contributed by atoms with Crippen molar-refractivity contribution in [3.05, 3.63) is 77.4 Å². The SMILES string of the molecule is CC1=[C-]C(C)C(C)=C1C.COc1cccc(OC)c1-c1c[cH-]c2ccccc12.C[Si](C)=[Zr+2]. The second-order valence-electron chi connectivity index (χ2n) is 8.17. The number of fused-ring (bicyclic) bond motifs is 1. The molecule has 3 aromatic rings. The third-order valence-corrected chi connectivity index (χ3v) is 5.61. The summed E-state index contributed by atoms with van der Waals surface area (Å²) in [4.78, 5) is 0. The van der Waals surface area contributed by atoms with Gasteiger partial charge in [0.2, 0.25) is 0 Å². The van der Waals surface area contributed by atoms with E-state index >= 15 is 0 Å². The van der Waals surface area contributed by atoms with Gasteiger partial charge in [-0.15, -0.1) is 53.6 Å². The molecule has 0 heterocycles. The average Bonchev–Trinajstić information content (AvgIpc) is 3.29. The van der Waals surface area contributed by atoms with Crippen LogP contribution in [0.25, 0.3) is 21.9 Å². The van der Waals surface area contributed by atoms with Gasteiger partial charge in [-0.25, -0.2) is 5.57 Å². The summed E-state index contributed by atoms with van der Waals surface area (Å²) in [6.45, 7) is 13.3. The third-order valence-electron chi connectivity index (χ3n) is 5.61. The Morgan fingerprint density at radius 2 is 1.50 bits per heavy atom. The maximum absolute atomic E-state index is 5.48. The number of benzene rings is 2. The molecule has 0 aliphatic heterocycles. The molecule has 4 rings (SSSR count). The van der Waals surface area contributed by atoms with E-state index < -0.39 is 0 Å². The van der Waals surface area contributed by atoms with Crippen molar-refractivity contribution in [2.75, 3.05) is 14.2 Å². The summed E-state index contributed by atoms with van der Waals surface area (Å²) >= 11 is 1.74.